The summed E-state index contributed by atoms with van der Waals surface area (Å²) in [6.45, 7) is 0. The number of nitro groups is 1. The SMILES string of the molecule is N#Cc1cc([N+](=O)[O-])ccc1OC1CCCC(N)C1. The zero-order valence-corrected chi connectivity index (χ0v) is 10.4. The Hall–Kier alpha value is -2.13. The van der Waals surface area contributed by atoms with Crippen LogP contribution in [0.3, 0.4) is 0 Å². The smallest absolute Gasteiger partial charge is 0.271 e. The Morgan fingerprint density at radius 3 is 2.89 bits per heavy atom. The summed E-state index contributed by atoms with van der Waals surface area (Å²) in [6, 6.07) is 6.12. The first-order valence-electron chi connectivity index (χ1n) is 6.21. The third-order valence-corrected chi connectivity index (χ3v) is 3.25. The molecule has 100 valence electrons. The van der Waals surface area contributed by atoms with Crippen molar-refractivity contribution in [3.05, 3.63) is 33.9 Å². The van der Waals surface area contributed by atoms with Gasteiger partial charge in [-0.1, -0.05) is 0 Å². The molecule has 19 heavy (non-hydrogen) atoms. The highest BCUT2D eigenvalue weighted by molar-refractivity contribution is 5.50. The number of non-ortho nitro benzene ring substituents is 1. The maximum Gasteiger partial charge on any atom is 0.271 e. The molecule has 0 aromatic heterocycles. The molecule has 2 N–H and O–H groups in total. The molecule has 0 bridgehead atoms. The summed E-state index contributed by atoms with van der Waals surface area (Å²) in [4.78, 5) is 10.1. The fourth-order valence-electron chi connectivity index (χ4n) is 2.29. The summed E-state index contributed by atoms with van der Waals surface area (Å²) in [6.07, 6.45) is 3.63. The monoisotopic (exact) mass is 261 g/mol. The number of nitriles is 1. The lowest BCUT2D eigenvalue weighted by atomic mass is 9.93. The predicted molar refractivity (Wildman–Crippen MR) is 68.7 cm³/mol. The zero-order chi connectivity index (χ0) is 13.8. The molecule has 0 saturated heterocycles. The number of benzene rings is 1. The van der Waals surface area contributed by atoms with Crippen LogP contribution in [0.2, 0.25) is 0 Å². The van der Waals surface area contributed by atoms with Crippen LogP contribution < -0.4 is 10.5 Å². The molecule has 1 fully saturated rings. The molecule has 0 spiro atoms. The highest BCUT2D eigenvalue weighted by atomic mass is 16.6. The number of nitro benzene ring substituents is 1. The molecule has 1 aliphatic carbocycles. The van der Waals surface area contributed by atoms with Crippen LogP contribution in [-0.2, 0) is 0 Å². The molecular formula is C13H15N3O3. The maximum atomic E-state index is 10.7. The van der Waals surface area contributed by atoms with E-state index >= 15 is 0 Å². The van der Waals surface area contributed by atoms with Crippen molar-refractivity contribution in [2.45, 2.75) is 37.8 Å². The highest BCUT2D eigenvalue weighted by Gasteiger charge is 2.22. The first kappa shape index (κ1) is 13.3. The fourth-order valence-corrected chi connectivity index (χ4v) is 2.29. The van der Waals surface area contributed by atoms with Crippen molar-refractivity contribution in [3.63, 3.8) is 0 Å². The van der Waals surface area contributed by atoms with Crippen LogP contribution in [0.25, 0.3) is 0 Å². The van der Waals surface area contributed by atoms with Crippen molar-refractivity contribution in [2.24, 2.45) is 5.73 Å². The maximum absolute atomic E-state index is 10.7. The number of ether oxygens (including phenoxy) is 1. The van der Waals surface area contributed by atoms with Gasteiger partial charge in [-0.2, -0.15) is 5.26 Å². The van der Waals surface area contributed by atoms with E-state index in [4.69, 9.17) is 15.7 Å². The van der Waals surface area contributed by atoms with E-state index in [1.54, 1.807) is 0 Å². The van der Waals surface area contributed by atoms with Gasteiger partial charge in [-0.25, -0.2) is 0 Å². The van der Waals surface area contributed by atoms with Gasteiger partial charge in [-0.05, 0) is 31.7 Å². The van der Waals surface area contributed by atoms with Gasteiger partial charge in [0.2, 0.25) is 0 Å². The molecule has 1 aliphatic rings. The van der Waals surface area contributed by atoms with Crippen molar-refractivity contribution >= 4 is 5.69 Å². The Labute approximate surface area is 110 Å². The topological polar surface area (TPSA) is 102 Å². The van der Waals surface area contributed by atoms with E-state index in [2.05, 4.69) is 0 Å². The molecular weight excluding hydrogens is 246 g/mol. The van der Waals surface area contributed by atoms with Gasteiger partial charge in [0, 0.05) is 18.2 Å². The van der Waals surface area contributed by atoms with E-state index in [9.17, 15) is 10.1 Å². The van der Waals surface area contributed by atoms with Crippen molar-refractivity contribution in [1.82, 2.24) is 0 Å². The second-order valence-electron chi connectivity index (χ2n) is 4.72. The van der Waals surface area contributed by atoms with Gasteiger partial charge in [0.05, 0.1) is 4.92 Å². The van der Waals surface area contributed by atoms with Crippen LogP contribution in [0, 0.1) is 21.4 Å². The van der Waals surface area contributed by atoms with Crippen molar-refractivity contribution in [1.29, 1.82) is 5.26 Å². The van der Waals surface area contributed by atoms with Crippen LogP contribution in [0.4, 0.5) is 5.69 Å². The minimum Gasteiger partial charge on any atom is -0.489 e. The summed E-state index contributed by atoms with van der Waals surface area (Å²) in [5.41, 5.74) is 5.96. The molecule has 6 nitrogen and oxygen atoms in total. The Kier molecular flexibility index (Phi) is 3.97. The Morgan fingerprint density at radius 2 is 2.26 bits per heavy atom. The van der Waals surface area contributed by atoms with Gasteiger partial charge in [-0.15, -0.1) is 0 Å². The van der Waals surface area contributed by atoms with E-state index in [1.807, 2.05) is 6.07 Å². The molecule has 2 rings (SSSR count). The van der Waals surface area contributed by atoms with Crippen LogP contribution >= 0.6 is 0 Å². The lowest BCUT2D eigenvalue weighted by Crippen LogP contribution is -2.33. The zero-order valence-electron chi connectivity index (χ0n) is 10.4. The standard InChI is InChI=1S/C13H15N3O3/c14-8-9-6-11(16(17)18)4-5-13(9)19-12-3-1-2-10(15)7-12/h4-6,10,12H,1-3,7,15H2. The second-order valence-corrected chi connectivity index (χ2v) is 4.72. The highest BCUT2D eigenvalue weighted by Crippen LogP contribution is 2.28. The Balaban J connectivity index is 2.16. The molecule has 2 unspecified atom stereocenters. The van der Waals surface area contributed by atoms with Crippen LogP contribution in [-0.4, -0.2) is 17.1 Å². The molecule has 0 radical (unpaired) electrons. The van der Waals surface area contributed by atoms with Crippen molar-refractivity contribution in [2.75, 3.05) is 0 Å². The molecule has 1 aromatic carbocycles. The minimum atomic E-state index is -0.527. The second kappa shape index (κ2) is 5.67. The predicted octanol–water partition coefficient (Wildman–Crippen LogP) is 2.12. The van der Waals surface area contributed by atoms with Gasteiger partial charge >= 0.3 is 0 Å². The summed E-state index contributed by atoms with van der Waals surface area (Å²) in [5.74, 6) is 0.396. The number of nitrogens with zero attached hydrogens (tertiary/aromatic N) is 2. The minimum absolute atomic E-state index is 0.0164. The van der Waals surface area contributed by atoms with Gasteiger partial charge in [0.25, 0.3) is 5.69 Å². The van der Waals surface area contributed by atoms with Crippen LogP contribution in [0.1, 0.15) is 31.2 Å². The van der Waals surface area contributed by atoms with Crippen LogP contribution in [0.5, 0.6) is 5.75 Å². The lowest BCUT2D eigenvalue weighted by Gasteiger charge is -2.27. The van der Waals surface area contributed by atoms with Gasteiger partial charge in [0.15, 0.2) is 0 Å². The van der Waals surface area contributed by atoms with Crippen molar-refractivity contribution in [3.8, 4) is 11.8 Å². The van der Waals surface area contributed by atoms with Gasteiger partial charge in [-0.3, -0.25) is 10.1 Å². The van der Waals surface area contributed by atoms with Gasteiger partial charge < -0.3 is 10.5 Å². The third kappa shape index (κ3) is 3.20. The molecule has 0 aliphatic heterocycles. The molecule has 1 aromatic rings. The number of hydrogen-bond acceptors (Lipinski definition) is 5. The summed E-state index contributed by atoms with van der Waals surface area (Å²) < 4.78 is 5.76. The molecule has 6 heteroatoms. The third-order valence-electron chi connectivity index (χ3n) is 3.25. The van der Waals surface area contributed by atoms with E-state index in [1.165, 1.54) is 18.2 Å². The summed E-state index contributed by atoms with van der Waals surface area (Å²) in [5, 5.41) is 19.7. The van der Waals surface area contributed by atoms with Crippen molar-refractivity contribution < 1.29 is 9.66 Å². The molecule has 2 atom stereocenters. The number of rotatable bonds is 3. The number of nitrogens with two attached hydrogens (primary N) is 1. The molecule has 0 heterocycles. The summed E-state index contributed by atoms with van der Waals surface area (Å²) in [7, 11) is 0. The van der Waals surface area contributed by atoms with E-state index < -0.39 is 4.92 Å². The Morgan fingerprint density at radius 1 is 1.47 bits per heavy atom. The summed E-state index contributed by atoms with van der Waals surface area (Å²) >= 11 is 0. The quantitative estimate of drug-likeness (QED) is 0.663. The lowest BCUT2D eigenvalue weighted by molar-refractivity contribution is -0.384. The average Bonchev–Trinajstić information content (AvgIpc) is 2.39. The van der Waals surface area contributed by atoms with E-state index in [0.717, 1.165) is 25.7 Å². The van der Waals surface area contributed by atoms with E-state index in [0.29, 0.717) is 5.75 Å². The number of hydrogen-bond donors (Lipinski definition) is 1. The van der Waals surface area contributed by atoms with E-state index in [-0.39, 0.29) is 23.4 Å². The average molecular weight is 261 g/mol. The van der Waals surface area contributed by atoms with Gasteiger partial charge in [0.1, 0.15) is 23.5 Å². The largest absolute Gasteiger partial charge is 0.489 e. The Bertz CT molecular complexity index is 524. The normalized spacial score (nSPS) is 22.5. The first-order valence-corrected chi connectivity index (χ1v) is 6.21. The fraction of sp³-hybridized carbons (Fsp3) is 0.462. The molecule has 0 amide bonds. The molecule has 1 saturated carbocycles. The first-order chi connectivity index (χ1) is 9.10. The van der Waals surface area contributed by atoms with Crippen LogP contribution in [0.15, 0.2) is 18.2 Å².